The first-order chi connectivity index (χ1) is 5.65. The van der Waals surface area contributed by atoms with Gasteiger partial charge in [-0.15, -0.1) is 0 Å². The monoisotopic (exact) mass is 188 g/mol. The van der Waals surface area contributed by atoms with Crippen molar-refractivity contribution in [2.75, 3.05) is 0 Å². The minimum absolute atomic E-state index is 0.269. The van der Waals surface area contributed by atoms with Crippen LogP contribution in [-0.4, -0.2) is 5.11 Å². The van der Waals surface area contributed by atoms with Crippen LogP contribution in [0.2, 0.25) is 5.02 Å². The van der Waals surface area contributed by atoms with Crippen molar-refractivity contribution < 1.29 is 9.50 Å². The van der Waals surface area contributed by atoms with Crippen molar-refractivity contribution in [2.24, 2.45) is 0 Å². The molecule has 12 heavy (non-hydrogen) atoms. The van der Waals surface area contributed by atoms with Gasteiger partial charge < -0.3 is 5.11 Å². The molecule has 0 heterocycles. The Bertz CT molecular complexity index is 275. The molecule has 0 fully saturated rings. The molecule has 3 heteroatoms. The molecule has 0 radical (unpaired) electrons. The second kappa shape index (κ2) is 3.87. The van der Waals surface area contributed by atoms with Crippen LogP contribution in [0.1, 0.15) is 25.0 Å². The van der Waals surface area contributed by atoms with E-state index in [9.17, 15) is 9.50 Å². The molecule has 1 N–H and O–H groups in total. The molecule has 66 valence electrons. The predicted octanol–water partition coefficient (Wildman–Crippen LogP) is 2.92. The maximum atomic E-state index is 13.0. The first-order valence-electron chi connectivity index (χ1n) is 3.78. The topological polar surface area (TPSA) is 20.2 Å². The SMILES string of the molecule is CCC(O)c1cc(Cl)ccc1F. The van der Waals surface area contributed by atoms with Gasteiger partial charge in [0.1, 0.15) is 5.82 Å². The molecule has 1 atom stereocenters. The lowest BCUT2D eigenvalue weighted by atomic mass is 10.1. The van der Waals surface area contributed by atoms with Gasteiger partial charge in [0.15, 0.2) is 0 Å². The molecule has 1 aromatic rings. The largest absolute Gasteiger partial charge is 0.388 e. The highest BCUT2D eigenvalue weighted by atomic mass is 35.5. The maximum Gasteiger partial charge on any atom is 0.129 e. The molecule has 1 rings (SSSR count). The van der Waals surface area contributed by atoms with Gasteiger partial charge in [-0.3, -0.25) is 0 Å². The van der Waals surface area contributed by atoms with Crippen LogP contribution in [0.25, 0.3) is 0 Å². The lowest BCUT2D eigenvalue weighted by molar-refractivity contribution is 0.169. The molecule has 0 amide bonds. The molecule has 0 saturated carbocycles. The number of aliphatic hydroxyl groups is 1. The quantitative estimate of drug-likeness (QED) is 0.757. The zero-order chi connectivity index (χ0) is 9.14. The van der Waals surface area contributed by atoms with Gasteiger partial charge in [-0.25, -0.2) is 4.39 Å². The van der Waals surface area contributed by atoms with Gasteiger partial charge in [-0.2, -0.15) is 0 Å². The highest BCUT2D eigenvalue weighted by Crippen LogP contribution is 2.22. The first kappa shape index (κ1) is 9.49. The molecule has 1 unspecified atom stereocenters. The maximum absolute atomic E-state index is 13.0. The number of halogens is 2. The molecule has 0 aliphatic carbocycles. The number of benzene rings is 1. The molecule has 0 aliphatic rings. The van der Waals surface area contributed by atoms with E-state index < -0.39 is 11.9 Å². The Kier molecular flexibility index (Phi) is 3.06. The second-order valence-electron chi connectivity index (χ2n) is 2.59. The van der Waals surface area contributed by atoms with E-state index in [0.717, 1.165) is 0 Å². The van der Waals surface area contributed by atoms with Crippen molar-refractivity contribution in [2.45, 2.75) is 19.4 Å². The van der Waals surface area contributed by atoms with Crippen LogP contribution >= 0.6 is 11.6 Å². The van der Waals surface area contributed by atoms with Gasteiger partial charge in [0.25, 0.3) is 0 Å². The minimum atomic E-state index is -0.760. The Labute approximate surface area is 75.8 Å². The van der Waals surface area contributed by atoms with Crippen molar-refractivity contribution in [3.8, 4) is 0 Å². The Morgan fingerprint density at radius 3 is 2.83 bits per heavy atom. The minimum Gasteiger partial charge on any atom is -0.388 e. The molecule has 1 nitrogen and oxygen atoms in total. The van der Waals surface area contributed by atoms with Gasteiger partial charge in [-0.05, 0) is 24.6 Å². The van der Waals surface area contributed by atoms with E-state index in [2.05, 4.69) is 0 Å². The zero-order valence-electron chi connectivity index (χ0n) is 6.72. The van der Waals surface area contributed by atoms with E-state index in [1.165, 1.54) is 18.2 Å². The summed E-state index contributed by atoms with van der Waals surface area (Å²) < 4.78 is 13.0. The third-order valence-electron chi connectivity index (χ3n) is 1.70. The second-order valence-corrected chi connectivity index (χ2v) is 3.03. The summed E-state index contributed by atoms with van der Waals surface area (Å²) in [5.41, 5.74) is 0.269. The summed E-state index contributed by atoms with van der Waals surface area (Å²) in [4.78, 5) is 0. The van der Waals surface area contributed by atoms with Crippen molar-refractivity contribution in [3.05, 3.63) is 34.6 Å². The van der Waals surface area contributed by atoms with Crippen molar-refractivity contribution in [3.63, 3.8) is 0 Å². The number of hydrogen-bond donors (Lipinski definition) is 1. The van der Waals surface area contributed by atoms with Gasteiger partial charge >= 0.3 is 0 Å². The summed E-state index contributed by atoms with van der Waals surface area (Å²) >= 11 is 5.64. The standard InChI is InChI=1S/C9H10ClFO/c1-2-9(12)7-5-6(10)3-4-8(7)11/h3-5,9,12H,2H2,1H3. The Hall–Kier alpha value is -0.600. The van der Waals surface area contributed by atoms with Crippen molar-refractivity contribution in [1.82, 2.24) is 0 Å². The van der Waals surface area contributed by atoms with Crippen LogP contribution in [0.5, 0.6) is 0 Å². The highest BCUT2D eigenvalue weighted by Gasteiger charge is 2.10. The summed E-state index contributed by atoms with van der Waals surface area (Å²) in [7, 11) is 0. The third kappa shape index (κ3) is 1.96. The Morgan fingerprint density at radius 1 is 1.58 bits per heavy atom. The number of hydrogen-bond acceptors (Lipinski definition) is 1. The van der Waals surface area contributed by atoms with Gasteiger partial charge in [0, 0.05) is 10.6 Å². The summed E-state index contributed by atoms with van der Waals surface area (Å²) in [5, 5.41) is 9.78. The van der Waals surface area contributed by atoms with Gasteiger partial charge in [-0.1, -0.05) is 18.5 Å². The summed E-state index contributed by atoms with van der Waals surface area (Å²) in [6.07, 6.45) is -0.277. The molecule has 0 spiro atoms. The summed E-state index contributed by atoms with van der Waals surface area (Å²) in [6.45, 7) is 1.78. The predicted molar refractivity (Wildman–Crippen MR) is 46.7 cm³/mol. The summed E-state index contributed by atoms with van der Waals surface area (Å²) in [6, 6.07) is 4.17. The van der Waals surface area contributed by atoms with E-state index in [1.54, 1.807) is 6.92 Å². The smallest absolute Gasteiger partial charge is 0.129 e. The van der Waals surface area contributed by atoms with Crippen LogP contribution in [0.15, 0.2) is 18.2 Å². The van der Waals surface area contributed by atoms with E-state index in [-0.39, 0.29) is 5.56 Å². The molecule has 0 aliphatic heterocycles. The zero-order valence-corrected chi connectivity index (χ0v) is 7.48. The van der Waals surface area contributed by atoms with Crippen LogP contribution in [0, 0.1) is 5.82 Å². The van der Waals surface area contributed by atoms with Crippen LogP contribution in [0.4, 0.5) is 4.39 Å². The lowest BCUT2D eigenvalue weighted by Crippen LogP contribution is -1.98. The van der Waals surface area contributed by atoms with Crippen LogP contribution in [-0.2, 0) is 0 Å². The van der Waals surface area contributed by atoms with Crippen LogP contribution in [0.3, 0.4) is 0 Å². The fourth-order valence-electron chi connectivity index (χ4n) is 0.990. The molecule has 0 aromatic heterocycles. The summed E-state index contributed by atoms with van der Waals surface area (Å²) in [5.74, 6) is -0.409. The Morgan fingerprint density at radius 2 is 2.25 bits per heavy atom. The van der Waals surface area contributed by atoms with Crippen molar-refractivity contribution >= 4 is 11.6 Å². The fraction of sp³-hybridized carbons (Fsp3) is 0.333. The number of rotatable bonds is 2. The Balaban J connectivity index is 3.04. The normalized spacial score (nSPS) is 13.0. The van der Waals surface area contributed by atoms with E-state index in [4.69, 9.17) is 11.6 Å². The average molecular weight is 189 g/mol. The number of aliphatic hydroxyl groups excluding tert-OH is 1. The highest BCUT2D eigenvalue weighted by molar-refractivity contribution is 6.30. The van der Waals surface area contributed by atoms with Gasteiger partial charge in [0.05, 0.1) is 6.10 Å². The lowest BCUT2D eigenvalue weighted by Gasteiger charge is -2.08. The molecule has 0 bridgehead atoms. The first-order valence-corrected chi connectivity index (χ1v) is 4.16. The fourth-order valence-corrected chi connectivity index (χ4v) is 1.17. The molecule has 0 saturated heterocycles. The molecule has 1 aromatic carbocycles. The van der Waals surface area contributed by atoms with Crippen molar-refractivity contribution in [1.29, 1.82) is 0 Å². The van der Waals surface area contributed by atoms with E-state index in [0.29, 0.717) is 11.4 Å². The molecular formula is C9H10ClFO. The molecular weight excluding hydrogens is 179 g/mol. The van der Waals surface area contributed by atoms with E-state index >= 15 is 0 Å². The van der Waals surface area contributed by atoms with E-state index in [1.807, 2.05) is 0 Å². The van der Waals surface area contributed by atoms with Crippen LogP contribution < -0.4 is 0 Å². The average Bonchev–Trinajstić information content (AvgIpc) is 2.08. The third-order valence-corrected chi connectivity index (χ3v) is 1.94. The van der Waals surface area contributed by atoms with Gasteiger partial charge in [0.2, 0.25) is 0 Å².